The van der Waals surface area contributed by atoms with Crippen LogP contribution in [0.25, 0.3) is 0 Å². The summed E-state index contributed by atoms with van der Waals surface area (Å²) >= 11 is 0. The lowest BCUT2D eigenvalue weighted by atomic mass is 9.83. The first-order valence-corrected chi connectivity index (χ1v) is 7.10. The van der Waals surface area contributed by atoms with E-state index in [2.05, 4.69) is 5.32 Å². The van der Waals surface area contributed by atoms with Gasteiger partial charge in [-0.2, -0.15) is 0 Å². The molecule has 1 rings (SSSR count). The van der Waals surface area contributed by atoms with Gasteiger partial charge < -0.3 is 19.9 Å². The highest BCUT2D eigenvalue weighted by Crippen LogP contribution is 2.29. The number of aliphatic hydroxyl groups is 1. The smallest absolute Gasteiger partial charge is 0.407 e. The summed E-state index contributed by atoms with van der Waals surface area (Å²) < 4.78 is 11.0. The largest absolute Gasteiger partial charge is 0.444 e. The summed E-state index contributed by atoms with van der Waals surface area (Å²) in [6.07, 6.45) is 4.70. The molecule has 0 aromatic carbocycles. The van der Waals surface area contributed by atoms with Crippen LogP contribution in [-0.4, -0.2) is 43.2 Å². The Balaban J connectivity index is 1.99. The molecule has 19 heavy (non-hydrogen) atoms. The molecule has 1 aliphatic rings. The van der Waals surface area contributed by atoms with E-state index in [0.717, 1.165) is 38.7 Å². The van der Waals surface area contributed by atoms with Gasteiger partial charge in [-0.1, -0.05) is 0 Å². The molecule has 2 N–H and O–H groups in total. The Morgan fingerprint density at radius 2 is 2.05 bits per heavy atom. The van der Waals surface area contributed by atoms with Crippen LogP contribution in [0.1, 0.15) is 46.0 Å². The van der Waals surface area contributed by atoms with Gasteiger partial charge in [0.15, 0.2) is 0 Å². The molecular weight excluding hydrogens is 246 g/mol. The quantitative estimate of drug-likeness (QED) is 0.664. The maximum Gasteiger partial charge on any atom is 0.407 e. The third-order valence-electron chi connectivity index (χ3n) is 3.55. The first kappa shape index (κ1) is 16.2. The third-order valence-corrected chi connectivity index (χ3v) is 3.55. The number of hydrogen-bond donors (Lipinski definition) is 2. The predicted molar refractivity (Wildman–Crippen MR) is 73.0 cm³/mol. The van der Waals surface area contributed by atoms with Crippen LogP contribution in [0.5, 0.6) is 0 Å². The summed E-state index contributed by atoms with van der Waals surface area (Å²) in [5.41, 5.74) is -0.432. The average Bonchev–Trinajstić information content (AvgIpc) is 2.30. The number of carbonyl (C=O) groups is 1. The van der Waals surface area contributed by atoms with Crippen LogP contribution >= 0.6 is 0 Å². The van der Waals surface area contributed by atoms with E-state index in [1.165, 1.54) is 0 Å². The molecule has 0 bridgehead atoms. The van der Waals surface area contributed by atoms with Gasteiger partial charge in [0, 0.05) is 20.3 Å². The third kappa shape index (κ3) is 6.25. The maximum atomic E-state index is 11.1. The second kappa shape index (κ2) is 7.70. The van der Waals surface area contributed by atoms with Crippen molar-refractivity contribution in [3.05, 3.63) is 0 Å². The van der Waals surface area contributed by atoms with Crippen LogP contribution in [0, 0.1) is 5.92 Å². The molecule has 5 nitrogen and oxygen atoms in total. The molecule has 0 aliphatic heterocycles. The fraction of sp³-hybridized carbons (Fsp3) is 0.929. The summed E-state index contributed by atoms with van der Waals surface area (Å²) in [6.45, 7) is 4.87. The lowest BCUT2D eigenvalue weighted by molar-refractivity contribution is -0.0470. The zero-order valence-electron chi connectivity index (χ0n) is 12.3. The maximum absolute atomic E-state index is 11.1. The Morgan fingerprint density at radius 1 is 1.37 bits per heavy atom. The molecule has 0 unspecified atom stereocenters. The molecule has 1 saturated carbocycles. The van der Waals surface area contributed by atoms with Gasteiger partial charge in [0.2, 0.25) is 0 Å². The predicted octanol–water partition coefficient (Wildman–Crippen LogP) is 2.08. The number of alkyl carbamates (subject to hydrolysis) is 1. The molecule has 1 fully saturated rings. The lowest BCUT2D eigenvalue weighted by Gasteiger charge is -2.33. The first-order valence-electron chi connectivity index (χ1n) is 7.10. The van der Waals surface area contributed by atoms with Crippen molar-refractivity contribution in [2.45, 2.75) is 57.7 Å². The molecule has 0 radical (unpaired) electrons. The molecule has 0 aromatic rings. The van der Waals surface area contributed by atoms with Gasteiger partial charge in [-0.3, -0.25) is 0 Å². The van der Waals surface area contributed by atoms with E-state index in [-0.39, 0.29) is 12.7 Å². The van der Waals surface area contributed by atoms with E-state index >= 15 is 0 Å². The van der Waals surface area contributed by atoms with Gasteiger partial charge in [-0.25, -0.2) is 4.79 Å². The number of amides is 1. The fourth-order valence-corrected chi connectivity index (χ4v) is 2.22. The summed E-state index contributed by atoms with van der Waals surface area (Å²) in [6, 6.07) is 0. The Kier molecular flexibility index (Phi) is 6.58. The van der Waals surface area contributed by atoms with Crippen LogP contribution in [-0.2, 0) is 9.47 Å². The molecule has 1 amide bonds. The van der Waals surface area contributed by atoms with Crippen molar-refractivity contribution in [2.75, 3.05) is 20.3 Å². The second-order valence-electron chi connectivity index (χ2n) is 5.87. The zero-order valence-corrected chi connectivity index (χ0v) is 12.3. The molecule has 1 aliphatic carbocycles. The van der Waals surface area contributed by atoms with Gasteiger partial charge in [-0.15, -0.1) is 0 Å². The summed E-state index contributed by atoms with van der Waals surface area (Å²) in [4.78, 5) is 11.1. The van der Waals surface area contributed by atoms with E-state index in [1.54, 1.807) is 7.05 Å². The number of ether oxygens (including phenoxy) is 2. The standard InChI is InChI=1S/C14H27NO4/c1-14(2,19-13(17)15-3)6-4-5-7-18-12-8-11(9-12)10-16/h11-12,16H,4-10H2,1-3H3,(H,15,17). The van der Waals surface area contributed by atoms with Crippen molar-refractivity contribution in [1.82, 2.24) is 5.32 Å². The molecule has 0 atom stereocenters. The minimum atomic E-state index is -0.432. The number of nitrogens with one attached hydrogen (secondary N) is 1. The van der Waals surface area contributed by atoms with Crippen LogP contribution < -0.4 is 5.32 Å². The number of carbonyl (C=O) groups excluding carboxylic acids is 1. The van der Waals surface area contributed by atoms with Crippen LogP contribution in [0.4, 0.5) is 4.79 Å². The van der Waals surface area contributed by atoms with E-state index in [4.69, 9.17) is 14.6 Å². The van der Waals surface area contributed by atoms with Gasteiger partial charge in [0.25, 0.3) is 0 Å². The Morgan fingerprint density at radius 3 is 2.63 bits per heavy atom. The van der Waals surface area contributed by atoms with Gasteiger partial charge in [0.05, 0.1) is 6.10 Å². The molecule has 0 aromatic heterocycles. The van der Waals surface area contributed by atoms with Gasteiger partial charge in [-0.05, 0) is 51.9 Å². The van der Waals surface area contributed by atoms with E-state index in [1.807, 2.05) is 13.8 Å². The van der Waals surface area contributed by atoms with Crippen molar-refractivity contribution in [2.24, 2.45) is 5.92 Å². The molecule has 0 spiro atoms. The highest BCUT2D eigenvalue weighted by Gasteiger charge is 2.28. The molecular formula is C14H27NO4. The SMILES string of the molecule is CNC(=O)OC(C)(C)CCCCOC1CC(CO)C1. The molecule has 0 saturated heterocycles. The van der Waals surface area contributed by atoms with Crippen molar-refractivity contribution < 1.29 is 19.4 Å². The van der Waals surface area contributed by atoms with Crippen molar-refractivity contribution in [3.63, 3.8) is 0 Å². The molecule has 5 heteroatoms. The summed E-state index contributed by atoms with van der Waals surface area (Å²) in [5.74, 6) is 0.449. The van der Waals surface area contributed by atoms with Crippen LogP contribution in [0.3, 0.4) is 0 Å². The van der Waals surface area contributed by atoms with Crippen molar-refractivity contribution in [1.29, 1.82) is 0 Å². The van der Waals surface area contributed by atoms with Crippen LogP contribution in [0.15, 0.2) is 0 Å². The monoisotopic (exact) mass is 273 g/mol. The summed E-state index contributed by atoms with van der Waals surface area (Å²) in [5, 5.41) is 11.3. The van der Waals surface area contributed by atoms with Crippen molar-refractivity contribution >= 4 is 6.09 Å². The van der Waals surface area contributed by atoms with Crippen LogP contribution in [0.2, 0.25) is 0 Å². The first-order chi connectivity index (χ1) is 8.96. The highest BCUT2D eigenvalue weighted by molar-refractivity contribution is 5.67. The molecule has 0 heterocycles. The Labute approximate surface area is 115 Å². The minimum absolute atomic E-state index is 0.283. The van der Waals surface area contributed by atoms with Gasteiger partial charge in [0.1, 0.15) is 5.60 Å². The fourth-order valence-electron chi connectivity index (χ4n) is 2.22. The minimum Gasteiger partial charge on any atom is -0.444 e. The number of rotatable bonds is 8. The number of unbranched alkanes of at least 4 members (excludes halogenated alkanes) is 1. The zero-order chi connectivity index (χ0) is 14.3. The average molecular weight is 273 g/mol. The van der Waals surface area contributed by atoms with Crippen molar-refractivity contribution in [3.8, 4) is 0 Å². The lowest BCUT2D eigenvalue weighted by Crippen LogP contribution is -2.34. The summed E-state index contributed by atoms with van der Waals surface area (Å²) in [7, 11) is 1.56. The van der Waals surface area contributed by atoms with E-state index in [9.17, 15) is 4.79 Å². The number of aliphatic hydroxyl groups excluding tert-OH is 1. The van der Waals surface area contributed by atoms with E-state index < -0.39 is 5.60 Å². The topological polar surface area (TPSA) is 67.8 Å². The normalized spacial score (nSPS) is 22.7. The van der Waals surface area contributed by atoms with Gasteiger partial charge >= 0.3 is 6.09 Å². The Bertz CT molecular complexity index is 275. The number of hydrogen-bond acceptors (Lipinski definition) is 4. The Hall–Kier alpha value is -0.810. The highest BCUT2D eigenvalue weighted by atomic mass is 16.6. The molecule has 112 valence electrons. The van der Waals surface area contributed by atoms with E-state index in [0.29, 0.717) is 12.0 Å². The second-order valence-corrected chi connectivity index (χ2v) is 5.87.